The van der Waals surface area contributed by atoms with Gasteiger partial charge in [0.05, 0.1) is 6.04 Å². The van der Waals surface area contributed by atoms with Crippen LogP contribution >= 0.6 is 0 Å². The molecule has 64 valence electrons. The third-order valence-corrected chi connectivity index (χ3v) is 1.19. The van der Waals surface area contributed by atoms with Crippen LogP contribution in [0.15, 0.2) is 0 Å². The molecule has 0 aromatic heterocycles. The Morgan fingerprint density at radius 1 is 1.45 bits per heavy atom. The summed E-state index contributed by atoms with van der Waals surface area (Å²) in [4.78, 5) is 21.1. The molecule has 0 rings (SSSR count). The van der Waals surface area contributed by atoms with E-state index in [1.165, 1.54) is 0 Å². The van der Waals surface area contributed by atoms with Crippen molar-refractivity contribution in [1.82, 2.24) is 5.32 Å². The van der Waals surface area contributed by atoms with Crippen molar-refractivity contribution in [3.05, 3.63) is 0 Å². The zero-order valence-electron chi connectivity index (χ0n) is 7.26. The van der Waals surface area contributed by atoms with Gasteiger partial charge < -0.3 is 10.1 Å². The van der Waals surface area contributed by atoms with Crippen LogP contribution in [0.1, 0.15) is 27.2 Å². The van der Waals surface area contributed by atoms with Gasteiger partial charge in [-0.1, -0.05) is 13.8 Å². The molecular weight excluding hydrogens is 142 g/mol. The molecule has 0 heterocycles. The van der Waals surface area contributed by atoms with Crippen molar-refractivity contribution in [2.45, 2.75) is 33.2 Å². The number of rotatable bonds is 4. The van der Waals surface area contributed by atoms with Crippen molar-refractivity contribution in [2.75, 3.05) is 0 Å². The fourth-order valence-corrected chi connectivity index (χ4v) is 0.718. The summed E-state index contributed by atoms with van der Waals surface area (Å²) in [7, 11) is 0. The largest absolute Gasteiger partial charge is 0.347 e. The minimum absolute atomic E-state index is 0.0559. The molecule has 0 radical (unpaired) electrons. The SMILES string of the molecule is CC(C)CC(=O)N[C@@H](C)C=O. The third kappa shape index (κ3) is 5.58. The molecule has 1 N–H and O–H groups in total. The Morgan fingerprint density at radius 2 is 2.00 bits per heavy atom. The Kier molecular flexibility index (Phi) is 4.50. The lowest BCUT2D eigenvalue weighted by atomic mass is 10.1. The van der Waals surface area contributed by atoms with Gasteiger partial charge in [-0.3, -0.25) is 4.79 Å². The van der Waals surface area contributed by atoms with E-state index in [2.05, 4.69) is 5.32 Å². The Morgan fingerprint density at radius 3 is 2.36 bits per heavy atom. The molecule has 0 aliphatic rings. The second kappa shape index (κ2) is 4.88. The van der Waals surface area contributed by atoms with Gasteiger partial charge in [0.2, 0.25) is 5.91 Å². The lowest BCUT2D eigenvalue weighted by Crippen LogP contribution is -2.34. The minimum atomic E-state index is -0.360. The highest BCUT2D eigenvalue weighted by Gasteiger charge is 2.06. The number of amides is 1. The highest BCUT2D eigenvalue weighted by atomic mass is 16.2. The normalized spacial score (nSPS) is 12.7. The second-order valence-corrected chi connectivity index (χ2v) is 3.09. The summed E-state index contributed by atoms with van der Waals surface area (Å²) in [6.45, 7) is 5.58. The van der Waals surface area contributed by atoms with Gasteiger partial charge in [-0.05, 0) is 12.8 Å². The molecule has 0 saturated heterocycles. The van der Waals surface area contributed by atoms with Gasteiger partial charge in [-0.2, -0.15) is 0 Å². The van der Waals surface area contributed by atoms with E-state index in [0.29, 0.717) is 12.3 Å². The molecular formula is C8H15NO2. The standard InChI is InChI=1S/C8H15NO2/c1-6(2)4-8(11)9-7(3)5-10/h5-7H,4H2,1-3H3,(H,9,11)/t7-/m0/s1. The summed E-state index contributed by atoms with van der Waals surface area (Å²) in [5, 5.41) is 2.55. The number of carbonyl (C=O) groups excluding carboxylic acids is 2. The van der Waals surface area contributed by atoms with Gasteiger partial charge in [-0.15, -0.1) is 0 Å². The van der Waals surface area contributed by atoms with Crippen molar-refractivity contribution in [3.63, 3.8) is 0 Å². The number of hydrogen-bond donors (Lipinski definition) is 1. The number of nitrogens with one attached hydrogen (secondary N) is 1. The third-order valence-electron chi connectivity index (χ3n) is 1.19. The molecule has 0 aliphatic heterocycles. The van der Waals surface area contributed by atoms with E-state index in [4.69, 9.17) is 0 Å². The van der Waals surface area contributed by atoms with Crippen LogP contribution in [0.3, 0.4) is 0 Å². The molecule has 3 nitrogen and oxygen atoms in total. The Hall–Kier alpha value is -0.860. The summed E-state index contributed by atoms with van der Waals surface area (Å²) < 4.78 is 0. The van der Waals surface area contributed by atoms with E-state index in [0.717, 1.165) is 6.29 Å². The molecule has 0 aliphatic carbocycles. The van der Waals surface area contributed by atoms with Crippen LogP contribution in [0, 0.1) is 5.92 Å². The highest BCUT2D eigenvalue weighted by molar-refractivity contribution is 5.79. The van der Waals surface area contributed by atoms with Crippen LogP contribution in [-0.2, 0) is 9.59 Å². The van der Waals surface area contributed by atoms with E-state index in [1.54, 1.807) is 6.92 Å². The maximum atomic E-state index is 11.0. The molecule has 0 aromatic carbocycles. The fourth-order valence-electron chi connectivity index (χ4n) is 0.718. The van der Waals surface area contributed by atoms with Gasteiger partial charge in [0.15, 0.2) is 0 Å². The summed E-state index contributed by atoms with van der Waals surface area (Å²) in [6.07, 6.45) is 1.20. The fraction of sp³-hybridized carbons (Fsp3) is 0.750. The summed E-state index contributed by atoms with van der Waals surface area (Å²) >= 11 is 0. The number of carbonyl (C=O) groups is 2. The predicted molar refractivity (Wildman–Crippen MR) is 43.1 cm³/mol. The molecule has 3 heteroatoms. The molecule has 0 aromatic rings. The molecule has 0 unspecified atom stereocenters. The van der Waals surface area contributed by atoms with E-state index >= 15 is 0 Å². The molecule has 0 spiro atoms. The zero-order chi connectivity index (χ0) is 8.85. The monoisotopic (exact) mass is 157 g/mol. The van der Waals surface area contributed by atoms with E-state index in [-0.39, 0.29) is 11.9 Å². The first-order valence-electron chi connectivity index (χ1n) is 3.81. The average molecular weight is 157 g/mol. The van der Waals surface area contributed by atoms with Gasteiger partial charge in [-0.25, -0.2) is 0 Å². The van der Waals surface area contributed by atoms with Gasteiger partial charge in [0.25, 0.3) is 0 Å². The van der Waals surface area contributed by atoms with Crippen molar-refractivity contribution in [3.8, 4) is 0 Å². The number of hydrogen-bond acceptors (Lipinski definition) is 2. The Balaban J connectivity index is 3.60. The molecule has 1 amide bonds. The Labute approximate surface area is 67.2 Å². The molecule has 0 bridgehead atoms. The quantitative estimate of drug-likeness (QED) is 0.612. The zero-order valence-corrected chi connectivity index (χ0v) is 7.26. The van der Waals surface area contributed by atoms with Crippen LogP contribution in [-0.4, -0.2) is 18.2 Å². The maximum absolute atomic E-state index is 11.0. The lowest BCUT2D eigenvalue weighted by Gasteiger charge is -2.08. The molecule has 1 atom stereocenters. The average Bonchev–Trinajstić information content (AvgIpc) is 1.85. The van der Waals surface area contributed by atoms with Crippen molar-refractivity contribution >= 4 is 12.2 Å². The first-order valence-corrected chi connectivity index (χ1v) is 3.81. The summed E-state index contributed by atoms with van der Waals surface area (Å²) in [6, 6.07) is -0.360. The summed E-state index contributed by atoms with van der Waals surface area (Å²) in [5.41, 5.74) is 0. The lowest BCUT2D eigenvalue weighted by molar-refractivity contribution is -0.124. The smallest absolute Gasteiger partial charge is 0.220 e. The minimum Gasteiger partial charge on any atom is -0.347 e. The Bertz CT molecular complexity index is 143. The first-order chi connectivity index (χ1) is 5.06. The molecule has 0 saturated carbocycles. The van der Waals surface area contributed by atoms with Gasteiger partial charge in [0, 0.05) is 6.42 Å². The van der Waals surface area contributed by atoms with Crippen LogP contribution in [0.4, 0.5) is 0 Å². The predicted octanol–water partition coefficient (Wildman–Crippen LogP) is 0.736. The van der Waals surface area contributed by atoms with Crippen molar-refractivity contribution < 1.29 is 9.59 Å². The first kappa shape index (κ1) is 10.1. The second-order valence-electron chi connectivity index (χ2n) is 3.09. The van der Waals surface area contributed by atoms with E-state index < -0.39 is 0 Å². The van der Waals surface area contributed by atoms with Crippen molar-refractivity contribution in [1.29, 1.82) is 0 Å². The van der Waals surface area contributed by atoms with Crippen LogP contribution in [0.25, 0.3) is 0 Å². The summed E-state index contributed by atoms with van der Waals surface area (Å²) in [5.74, 6) is 0.286. The highest BCUT2D eigenvalue weighted by Crippen LogP contribution is 1.98. The maximum Gasteiger partial charge on any atom is 0.220 e. The molecule has 11 heavy (non-hydrogen) atoms. The van der Waals surface area contributed by atoms with E-state index in [1.807, 2.05) is 13.8 Å². The molecule has 0 fully saturated rings. The number of aldehydes is 1. The van der Waals surface area contributed by atoms with Crippen LogP contribution in [0.2, 0.25) is 0 Å². The van der Waals surface area contributed by atoms with Gasteiger partial charge >= 0.3 is 0 Å². The van der Waals surface area contributed by atoms with Crippen molar-refractivity contribution in [2.24, 2.45) is 5.92 Å². The van der Waals surface area contributed by atoms with Gasteiger partial charge in [0.1, 0.15) is 6.29 Å². The van der Waals surface area contributed by atoms with Crippen LogP contribution in [0.5, 0.6) is 0 Å². The topological polar surface area (TPSA) is 46.2 Å². The van der Waals surface area contributed by atoms with E-state index in [9.17, 15) is 9.59 Å². The van der Waals surface area contributed by atoms with Crippen LogP contribution < -0.4 is 5.32 Å².